The SMILES string of the molecule is CCCCC1CC12N=CN(Cc1ccc3nc(-c4ccccc4-c4nn[nH]n4)ccc3c1)C2=O.Cl.Cl. The van der Waals surface area contributed by atoms with Gasteiger partial charge in [0.15, 0.2) is 0 Å². The molecule has 2 atom stereocenters. The first-order valence-corrected chi connectivity index (χ1v) is 11.8. The molecule has 36 heavy (non-hydrogen) atoms. The number of amides is 1. The molecular formula is C26H27Cl2N7O. The number of nitrogens with zero attached hydrogens (tertiary/aromatic N) is 6. The van der Waals surface area contributed by atoms with Gasteiger partial charge in [-0.15, -0.1) is 35.0 Å². The van der Waals surface area contributed by atoms with E-state index in [1.165, 1.54) is 0 Å². The second-order valence-electron chi connectivity index (χ2n) is 9.15. The Bertz CT molecular complexity index is 1410. The minimum Gasteiger partial charge on any atom is -0.297 e. The number of unbranched alkanes of at least 4 members (excludes halogenated alkanes) is 1. The van der Waals surface area contributed by atoms with Crippen molar-refractivity contribution in [3.8, 4) is 22.6 Å². The Hall–Kier alpha value is -3.36. The summed E-state index contributed by atoms with van der Waals surface area (Å²) < 4.78 is 0. The van der Waals surface area contributed by atoms with Crippen molar-refractivity contribution in [2.75, 3.05) is 0 Å². The molecule has 2 unspecified atom stereocenters. The molecule has 1 aliphatic heterocycles. The van der Waals surface area contributed by atoms with Crippen LogP contribution >= 0.6 is 24.8 Å². The molecule has 6 rings (SSSR count). The van der Waals surface area contributed by atoms with Crippen molar-refractivity contribution in [2.24, 2.45) is 10.9 Å². The molecule has 1 saturated carbocycles. The predicted molar refractivity (Wildman–Crippen MR) is 144 cm³/mol. The number of H-pyrrole nitrogens is 1. The van der Waals surface area contributed by atoms with Crippen molar-refractivity contribution in [1.82, 2.24) is 30.5 Å². The molecule has 2 aromatic carbocycles. The van der Waals surface area contributed by atoms with Crippen molar-refractivity contribution in [1.29, 1.82) is 0 Å². The summed E-state index contributed by atoms with van der Waals surface area (Å²) in [4.78, 5) is 24.3. The first kappa shape index (κ1) is 25.7. The molecule has 186 valence electrons. The van der Waals surface area contributed by atoms with Crippen LogP contribution in [-0.4, -0.2) is 48.3 Å². The summed E-state index contributed by atoms with van der Waals surface area (Å²) in [6.07, 6.45) is 6.05. The quantitative estimate of drug-likeness (QED) is 0.356. The van der Waals surface area contributed by atoms with Gasteiger partial charge in [-0.05, 0) is 47.7 Å². The minimum absolute atomic E-state index is 0. The van der Waals surface area contributed by atoms with Crippen LogP contribution in [0.15, 0.2) is 59.6 Å². The van der Waals surface area contributed by atoms with Crippen molar-refractivity contribution in [3.63, 3.8) is 0 Å². The molecule has 2 aromatic heterocycles. The van der Waals surface area contributed by atoms with Gasteiger partial charge in [0.25, 0.3) is 5.91 Å². The van der Waals surface area contributed by atoms with Crippen molar-refractivity contribution >= 4 is 48.0 Å². The average molecular weight is 524 g/mol. The fraction of sp³-hybridized carbons (Fsp3) is 0.308. The van der Waals surface area contributed by atoms with Gasteiger partial charge in [0.2, 0.25) is 5.82 Å². The van der Waals surface area contributed by atoms with Crippen LogP contribution in [0.2, 0.25) is 0 Å². The largest absolute Gasteiger partial charge is 0.297 e. The summed E-state index contributed by atoms with van der Waals surface area (Å²) >= 11 is 0. The smallest absolute Gasteiger partial charge is 0.256 e. The number of aromatic nitrogens is 5. The Balaban J connectivity index is 0.00000152. The molecule has 1 fully saturated rings. The van der Waals surface area contributed by atoms with Gasteiger partial charge >= 0.3 is 0 Å². The topological polar surface area (TPSA) is 100 Å². The number of tetrazole rings is 1. The number of rotatable bonds is 7. The van der Waals surface area contributed by atoms with Gasteiger partial charge in [-0.3, -0.25) is 14.7 Å². The number of halogens is 2. The molecule has 1 N–H and O–H groups in total. The second-order valence-corrected chi connectivity index (χ2v) is 9.15. The Labute approximate surface area is 221 Å². The van der Waals surface area contributed by atoms with Gasteiger partial charge in [-0.1, -0.05) is 56.2 Å². The Morgan fingerprint density at radius 1 is 1.08 bits per heavy atom. The summed E-state index contributed by atoms with van der Waals surface area (Å²) in [7, 11) is 0. The summed E-state index contributed by atoms with van der Waals surface area (Å²) in [6, 6.07) is 18.1. The first-order valence-electron chi connectivity index (χ1n) is 11.8. The number of nitrogens with one attached hydrogen (secondary N) is 1. The third-order valence-electron chi connectivity index (χ3n) is 6.93. The number of fused-ring (bicyclic) bond motifs is 1. The standard InChI is InChI=1S/C26H25N7O.2ClH/c1-2-3-6-19-14-26(19)25(34)33(16-27-26)15-17-9-11-22-18(13-17)10-12-23(28-22)20-7-4-5-8-21(20)24-29-31-32-30-24;;/h4-5,7-13,16,19H,2-3,6,14-15H2,1H3,(H,29,30,31,32);2*1H. The summed E-state index contributed by atoms with van der Waals surface area (Å²) in [5.74, 6) is 1.10. The molecule has 0 bridgehead atoms. The number of hydrogen-bond donors (Lipinski definition) is 1. The lowest BCUT2D eigenvalue weighted by Gasteiger charge is -2.15. The monoisotopic (exact) mass is 523 g/mol. The van der Waals surface area contributed by atoms with Gasteiger partial charge in [0, 0.05) is 16.5 Å². The van der Waals surface area contributed by atoms with E-state index >= 15 is 0 Å². The van der Waals surface area contributed by atoms with E-state index in [0.29, 0.717) is 18.3 Å². The van der Waals surface area contributed by atoms with Gasteiger partial charge in [0.1, 0.15) is 5.54 Å². The number of aromatic amines is 1. The fourth-order valence-electron chi connectivity index (χ4n) is 4.97. The summed E-state index contributed by atoms with van der Waals surface area (Å²) in [5.41, 5.74) is 4.16. The summed E-state index contributed by atoms with van der Waals surface area (Å²) in [6.45, 7) is 2.72. The predicted octanol–water partition coefficient (Wildman–Crippen LogP) is 5.24. The zero-order valence-corrected chi connectivity index (χ0v) is 21.4. The van der Waals surface area contributed by atoms with E-state index in [0.717, 1.165) is 59.0 Å². The minimum atomic E-state index is -0.464. The summed E-state index contributed by atoms with van der Waals surface area (Å²) in [5, 5.41) is 15.5. The lowest BCUT2D eigenvalue weighted by atomic mass is 10.0. The fourth-order valence-corrected chi connectivity index (χ4v) is 4.97. The molecule has 1 amide bonds. The highest BCUT2D eigenvalue weighted by molar-refractivity contribution is 6.02. The number of carbonyl (C=O) groups excluding carboxylic acids is 1. The maximum absolute atomic E-state index is 13.0. The van der Waals surface area contributed by atoms with Crippen LogP contribution in [-0.2, 0) is 11.3 Å². The lowest BCUT2D eigenvalue weighted by molar-refractivity contribution is -0.128. The molecular weight excluding hydrogens is 497 g/mol. The maximum Gasteiger partial charge on any atom is 0.256 e. The Morgan fingerprint density at radius 3 is 2.69 bits per heavy atom. The highest BCUT2D eigenvalue weighted by Crippen LogP contribution is 2.53. The zero-order chi connectivity index (χ0) is 23.1. The van der Waals surface area contributed by atoms with Crippen molar-refractivity contribution in [2.45, 2.75) is 44.7 Å². The van der Waals surface area contributed by atoms with Crippen LogP contribution < -0.4 is 0 Å². The third kappa shape index (κ3) is 4.47. The van der Waals surface area contributed by atoms with Crippen LogP contribution in [0.4, 0.5) is 0 Å². The van der Waals surface area contributed by atoms with E-state index in [1.54, 1.807) is 11.2 Å². The molecule has 1 spiro atoms. The van der Waals surface area contributed by atoms with Gasteiger partial charge < -0.3 is 0 Å². The Kier molecular flexibility index (Phi) is 7.38. The molecule has 0 radical (unpaired) electrons. The van der Waals surface area contributed by atoms with Gasteiger partial charge in [0.05, 0.1) is 24.1 Å². The highest BCUT2D eigenvalue weighted by atomic mass is 35.5. The van der Waals surface area contributed by atoms with Crippen molar-refractivity contribution in [3.05, 3.63) is 60.2 Å². The number of hydrogen-bond acceptors (Lipinski definition) is 6. The molecule has 4 aromatic rings. The normalized spacial score (nSPS) is 20.0. The molecule has 1 aliphatic carbocycles. The van der Waals surface area contributed by atoms with Crippen molar-refractivity contribution < 1.29 is 4.79 Å². The third-order valence-corrected chi connectivity index (χ3v) is 6.93. The van der Waals surface area contributed by atoms with E-state index in [4.69, 9.17) is 4.98 Å². The first-order chi connectivity index (χ1) is 16.7. The number of benzene rings is 2. The molecule has 10 heteroatoms. The number of aliphatic imine (C=N–C) groups is 1. The van der Waals surface area contributed by atoms with E-state index in [9.17, 15) is 4.79 Å². The van der Waals surface area contributed by atoms with Crippen LogP contribution in [0.5, 0.6) is 0 Å². The molecule has 0 saturated heterocycles. The molecule has 8 nitrogen and oxygen atoms in total. The van der Waals surface area contributed by atoms with Gasteiger partial charge in [-0.2, -0.15) is 5.21 Å². The van der Waals surface area contributed by atoms with E-state index in [2.05, 4.69) is 44.7 Å². The van der Waals surface area contributed by atoms with Crippen LogP contribution in [0.25, 0.3) is 33.5 Å². The highest BCUT2D eigenvalue weighted by Gasteiger charge is 2.62. The maximum atomic E-state index is 13.0. The Morgan fingerprint density at radius 2 is 1.92 bits per heavy atom. The second kappa shape index (κ2) is 10.3. The molecule has 2 aliphatic rings. The zero-order valence-electron chi connectivity index (χ0n) is 19.8. The lowest BCUT2D eigenvalue weighted by Crippen LogP contribution is -2.32. The number of carbonyl (C=O) groups is 1. The van der Waals surface area contributed by atoms with E-state index in [-0.39, 0.29) is 30.7 Å². The van der Waals surface area contributed by atoms with Crippen LogP contribution in [0, 0.1) is 5.92 Å². The van der Waals surface area contributed by atoms with Crippen LogP contribution in [0.3, 0.4) is 0 Å². The number of pyridine rings is 1. The van der Waals surface area contributed by atoms with Gasteiger partial charge in [-0.25, -0.2) is 4.98 Å². The average Bonchev–Trinajstić information content (AvgIpc) is 3.15. The molecule has 3 heterocycles. The van der Waals surface area contributed by atoms with E-state index in [1.807, 2.05) is 42.5 Å². The van der Waals surface area contributed by atoms with Crippen LogP contribution in [0.1, 0.15) is 38.2 Å². The van der Waals surface area contributed by atoms with E-state index < -0.39 is 5.54 Å².